The molecular formula is C14H11N3O. The molecule has 0 fully saturated rings. The van der Waals surface area contributed by atoms with Crippen LogP contribution in [-0.4, -0.2) is 15.9 Å². The van der Waals surface area contributed by atoms with Gasteiger partial charge in [-0.3, -0.25) is 4.79 Å². The van der Waals surface area contributed by atoms with E-state index in [2.05, 4.69) is 9.97 Å². The highest BCUT2D eigenvalue weighted by molar-refractivity contribution is 6.06. The van der Waals surface area contributed by atoms with Crippen molar-refractivity contribution in [3.63, 3.8) is 0 Å². The fourth-order valence-corrected chi connectivity index (χ4v) is 2.10. The van der Waals surface area contributed by atoms with Crippen LogP contribution in [0.4, 0.5) is 0 Å². The molecule has 2 N–H and O–H groups in total. The molecule has 0 saturated heterocycles. The van der Waals surface area contributed by atoms with E-state index in [-0.39, 0.29) is 0 Å². The Morgan fingerprint density at radius 1 is 1.00 bits per heavy atom. The van der Waals surface area contributed by atoms with Crippen LogP contribution in [0.25, 0.3) is 22.1 Å². The number of rotatable bonds is 1. The third-order valence-electron chi connectivity index (χ3n) is 2.97. The van der Waals surface area contributed by atoms with E-state index in [1.807, 2.05) is 43.3 Å². The first-order chi connectivity index (χ1) is 8.66. The number of primary amides is 1. The molecule has 0 radical (unpaired) electrons. The Hall–Kier alpha value is -2.49. The Bertz CT molecular complexity index is 780. The molecule has 1 aromatic heterocycles. The average molecular weight is 237 g/mol. The standard InChI is InChI=1S/C14H11N3O/c1-8-6-7-11-13(12(8)14(15)18)17-10-5-3-2-4-9(10)16-11/h2-7H,1H3,(H2,15,18). The molecule has 0 bridgehead atoms. The van der Waals surface area contributed by atoms with Crippen molar-refractivity contribution >= 4 is 28.0 Å². The molecule has 0 aliphatic heterocycles. The highest BCUT2D eigenvalue weighted by Gasteiger charge is 2.13. The number of hydrogen-bond acceptors (Lipinski definition) is 3. The molecule has 0 aliphatic carbocycles. The summed E-state index contributed by atoms with van der Waals surface area (Å²) in [6, 6.07) is 11.3. The minimum atomic E-state index is -0.470. The number of carbonyl (C=O) groups is 1. The number of carbonyl (C=O) groups excluding carboxylic acids is 1. The lowest BCUT2D eigenvalue weighted by atomic mass is 10.1. The van der Waals surface area contributed by atoms with Crippen LogP contribution in [0, 0.1) is 6.92 Å². The van der Waals surface area contributed by atoms with Crippen LogP contribution >= 0.6 is 0 Å². The van der Waals surface area contributed by atoms with Gasteiger partial charge in [-0.1, -0.05) is 18.2 Å². The molecule has 88 valence electrons. The number of aryl methyl sites for hydroxylation is 1. The van der Waals surface area contributed by atoms with E-state index in [1.165, 1.54) is 0 Å². The number of benzene rings is 2. The molecule has 4 heteroatoms. The first kappa shape index (κ1) is 10.7. The van der Waals surface area contributed by atoms with Crippen LogP contribution in [0.1, 0.15) is 15.9 Å². The number of nitrogens with two attached hydrogens (primary N) is 1. The maximum absolute atomic E-state index is 11.5. The summed E-state index contributed by atoms with van der Waals surface area (Å²) in [5, 5.41) is 0. The van der Waals surface area contributed by atoms with Gasteiger partial charge in [0.1, 0.15) is 5.52 Å². The molecule has 0 saturated carbocycles. The lowest BCUT2D eigenvalue weighted by molar-refractivity contribution is 0.100. The van der Waals surface area contributed by atoms with E-state index in [9.17, 15) is 4.79 Å². The van der Waals surface area contributed by atoms with Crippen molar-refractivity contribution in [2.75, 3.05) is 0 Å². The van der Waals surface area contributed by atoms with Crippen LogP contribution in [0.2, 0.25) is 0 Å². The molecule has 2 aromatic carbocycles. The summed E-state index contributed by atoms with van der Waals surface area (Å²) < 4.78 is 0. The second kappa shape index (κ2) is 3.77. The largest absolute Gasteiger partial charge is 0.366 e. The van der Waals surface area contributed by atoms with Crippen molar-refractivity contribution in [1.82, 2.24) is 9.97 Å². The van der Waals surface area contributed by atoms with Crippen molar-refractivity contribution in [1.29, 1.82) is 0 Å². The molecular weight excluding hydrogens is 226 g/mol. The van der Waals surface area contributed by atoms with E-state index >= 15 is 0 Å². The molecule has 0 unspecified atom stereocenters. The zero-order valence-corrected chi connectivity index (χ0v) is 9.84. The second-order valence-corrected chi connectivity index (χ2v) is 4.20. The Balaban J connectivity index is 2.50. The second-order valence-electron chi connectivity index (χ2n) is 4.20. The molecule has 18 heavy (non-hydrogen) atoms. The lowest BCUT2D eigenvalue weighted by Crippen LogP contribution is -2.14. The highest BCUT2D eigenvalue weighted by atomic mass is 16.1. The van der Waals surface area contributed by atoms with Crippen LogP contribution in [0.5, 0.6) is 0 Å². The van der Waals surface area contributed by atoms with E-state index < -0.39 is 5.91 Å². The monoisotopic (exact) mass is 237 g/mol. The Morgan fingerprint density at radius 3 is 2.33 bits per heavy atom. The fourth-order valence-electron chi connectivity index (χ4n) is 2.10. The Morgan fingerprint density at radius 2 is 1.67 bits per heavy atom. The van der Waals surface area contributed by atoms with Gasteiger partial charge in [-0.15, -0.1) is 0 Å². The molecule has 0 spiro atoms. The van der Waals surface area contributed by atoms with Gasteiger partial charge >= 0.3 is 0 Å². The maximum atomic E-state index is 11.5. The minimum Gasteiger partial charge on any atom is -0.366 e. The first-order valence-corrected chi connectivity index (χ1v) is 5.63. The topological polar surface area (TPSA) is 68.9 Å². The Kier molecular flexibility index (Phi) is 2.23. The summed E-state index contributed by atoms with van der Waals surface area (Å²) in [5.74, 6) is -0.470. The summed E-state index contributed by atoms with van der Waals surface area (Å²) >= 11 is 0. The van der Waals surface area contributed by atoms with Crippen molar-refractivity contribution < 1.29 is 4.79 Å². The summed E-state index contributed by atoms with van der Waals surface area (Å²) in [5.41, 5.74) is 9.52. The SMILES string of the molecule is Cc1ccc2nc3ccccc3nc2c1C(N)=O. The van der Waals surface area contributed by atoms with E-state index in [0.717, 1.165) is 16.6 Å². The van der Waals surface area contributed by atoms with E-state index in [0.29, 0.717) is 16.6 Å². The maximum Gasteiger partial charge on any atom is 0.251 e. The number of para-hydroxylation sites is 2. The van der Waals surface area contributed by atoms with Crippen LogP contribution in [-0.2, 0) is 0 Å². The molecule has 3 rings (SSSR count). The van der Waals surface area contributed by atoms with Gasteiger partial charge in [0.25, 0.3) is 5.91 Å². The minimum absolute atomic E-state index is 0.450. The van der Waals surface area contributed by atoms with Gasteiger partial charge < -0.3 is 5.73 Å². The third kappa shape index (κ3) is 1.50. The van der Waals surface area contributed by atoms with Crippen molar-refractivity contribution in [3.05, 3.63) is 47.5 Å². The Labute approximate surface area is 103 Å². The van der Waals surface area contributed by atoms with Gasteiger partial charge in [0, 0.05) is 0 Å². The van der Waals surface area contributed by atoms with Gasteiger partial charge in [0.2, 0.25) is 0 Å². The van der Waals surface area contributed by atoms with Crippen LogP contribution in [0.3, 0.4) is 0 Å². The average Bonchev–Trinajstić information content (AvgIpc) is 2.36. The summed E-state index contributed by atoms with van der Waals surface area (Å²) in [6.45, 7) is 1.84. The molecule has 1 amide bonds. The van der Waals surface area contributed by atoms with Gasteiger partial charge in [-0.05, 0) is 30.7 Å². The molecule has 0 atom stereocenters. The van der Waals surface area contributed by atoms with Crippen molar-refractivity contribution in [2.24, 2.45) is 5.73 Å². The van der Waals surface area contributed by atoms with Gasteiger partial charge in [0.15, 0.2) is 0 Å². The van der Waals surface area contributed by atoms with Crippen LogP contribution in [0.15, 0.2) is 36.4 Å². The van der Waals surface area contributed by atoms with Gasteiger partial charge in [-0.25, -0.2) is 9.97 Å². The predicted octanol–water partition coefficient (Wildman–Crippen LogP) is 2.19. The quantitative estimate of drug-likeness (QED) is 0.659. The molecule has 4 nitrogen and oxygen atoms in total. The molecule has 1 heterocycles. The summed E-state index contributed by atoms with van der Waals surface area (Å²) in [6.07, 6.45) is 0. The summed E-state index contributed by atoms with van der Waals surface area (Å²) in [4.78, 5) is 20.5. The number of aromatic nitrogens is 2. The van der Waals surface area contributed by atoms with E-state index in [1.54, 1.807) is 0 Å². The van der Waals surface area contributed by atoms with Crippen molar-refractivity contribution in [3.8, 4) is 0 Å². The number of fused-ring (bicyclic) bond motifs is 2. The molecule has 0 aliphatic rings. The zero-order valence-electron chi connectivity index (χ0n) is 9.84. The number of amides is 1. The first-order valence-electron chi connectivity index (χ1n) is 5.63. The zero-order chi connectivity index (χ0) is 12.7. The third-order valence-corrected chi connectivity index (χ3v) is 2.97. The normalized spacial score (nSPS) is 10.9. The predicted molar refractivity (Wildman–Crippen MR) is 70.3 cm³/mol. The van der Waals surface area contributed by atoms with Crippen LogP contribution < -0.4 is 5.73 Å². The lowest BCUT2D eigenvalue weighted by Gasteiger charge is -2.06. The fraction of sp³-hybridized carbons (Fsp3) is 0.0714. The van der Waals surface area contributed by atoms with E-state index in [4.69, 9.17) is 5.73 Å². The summed E-state index contributed by atoms with van der Waals surface area (Å²) in [7, 11) is 0. The smallest absolute Gasteiger partial charge is 0.251 e. The number of hydrogen-bond donors (Lipinski definition) is 1. The van der Waals surface area contributed by atoms with Gasteiger partial charge in [-0.2, -0.15) is 0 Å². The number of nitrogens with zero attached hydrogens (tertiary/aromatic N) is 2. The molecule has 3 aromatic rings. The van der Waals surface area contributed by atoms with Crippen molar-refractivity contribution in [2.45, 2.75) is 6.92 Å². The van der Waals surface area contributed by atoms with Gasteiger partial charge in [0.05, 0.1) is 22.1 Å². The highest BCUT2D eigenvalue weighted by Crippen LogP contribution is 2.21.